The van der Waals surface area contributed by atoms with Gasteiger partial charge < -0.3 is 0 Å². The van der Waals surface area contributed by atoms with Gasteiger partial charge in [0.2, 0.25) is 0 Å². The summed E-state index contributed by atoms with van der Waals surface area (Å²) < 4.78 is 0. The van der Waals surface area contributed by atoms with Gasteiger partial charge in [-0.2, -0.15) is 11.8 Å². The highest BCUT2D eigenvalue weighted by Gasteiger charge is 2.36. The van der Waals surface area contributed by atoms with E-state index < -0.39 is 0 Å². The van der Waals surface area contributed by atoms with Crippen molar-refractivity contribution in [2.45, 2.75) is 0 Å². The second kappa shape index (κ2) is 4.74. The van der Waals surface area contributed by atoms with Gasteiger partial charge in [-0.3, -0.25) is 19.4 Å². The molecule has 1 fully saturated rings. The van der Waals surface area contributed by atoms with Crippen LogP contribution in [-0.4, -0.2) is 52.9 Å². The van der Waals surface area contributed by atoms with Crippen LogP contribution in [0, 0.1) is 0 Å². The third-order valence-electron chi connectivity index (χ3n) is 3.32. The zero-order valence-corrected chi connectivity index (χ0v) is 10.8. The van der Waals surface area contributed by atoms with E-state index in [1.54, 1.807) is 24.3 Å². The van der Waals surface area contributed by atoms with Gasteiger partial charge in [0, 0.05) is 24.6 Å². The van der Waals surface area contributed by atoms with Crippen LogP contribution in [0.3, 0.4) is 0 Å². The molecule has 0 N–H and O–H groups in total. The number of thioether (sulfide) groups is 1. The second-order valence-electron chi connectivity index (χ2n) is 4.46. The van der Waals surface area contributed by atoms with Crippen LogP contribution in [-0.2, 0) is 0 Å². The highest BCUT2D eigenvalue weighted by atomic mass is 32.2. The SMILES string of the molecule is O=C1c2ccccc2C(=O)N1CN1CCSCC1. The lowest BCUT2D eigenvalue weighted by atomic mass is 10.1. The van der Waals surface area contributed by atoms with Crippen molar-refractivity contribution in [1.82, 2.24) is 9.80 Å². The Morgan fingerprint density at radius 1 is 1.00 bits per heavy atom. The summed E-state index contributed by atoms with van der Waals surface area (Å²) in [7, 11) is 0. The highest BCUT2D eigenvalue weighted by molar-refractivity contribution is 7.99. The van der Waals surface area contributed by atoms with Crippen molar-refractivity contribution in [3.05, 3.63) is 35.4 Å². The molecule has 0 atom stereocenters. The second-order valence-corrected chi connectivity index (χ2v) is 5.68. The Hall–Kier alpha value is -1.33. The van der Waals surface area contributed by atoms with Crippen molar-refractivity contribution >= 4 is 23.6 Å². The third-order valence-corrected chi connectivity index (χ3v) is 4.27. The van der Waals surface area contributed by atoms with Gasteiger partial charge in [0.15, 0.2) is 0 Å². The van der Waals surface area contributed by atoms with Crippen molar-refractivity contribution < 1.29 is 9.59 Å². The van der Waals surface area contributed by atoms with Gasteiger partial charge in [0.05, 0.1) is 17.8 Å². The molecule has 0 radical (unpaired) electrons. The summed E-state index contributed by atoms with van der Waals surface area (Å²) in [5.41, 5.74) is 1.07. The molecule has 2 amide bonds. The maximum atomic E-state index is 12.2. The Kier molecular flexibility index (Phi) is 3.09. The Balaban J connectivity index is 1.79. The number of rotatable bonds is 2. The predicted molar refractivity (Wildman–Crippen MR) is 70.7 cm³/mol. The molecule has 18 heavy (non-hydrogen) atoms. The summed E-state index contributed by atoms with van der Waals surface area (Å²) in [5.74, 6) is 1.83. The first-order valence-corrected chi connectivity index (χ1v) is 7.18. The number of amides is 2. The topological polar surface area (TPSA) is 40.6 Å². The van der Waals surface area contributed by atoms with Crippen LogP contribution in [0.15, 0.2) is 24.3 Å². The van der Waals surface area contributed by atoms with Crippen molar-refractivity contribution in [3.8, 4) is 0 Å². The lowest BCUT2D eigenvalue weighted by Crippen LogP contribution is -2.44. The van der Waals surface area contributed by atoms with E-state index in [4.69, 9.17) is 0 Å². The lowest BCUT2D eigenvalue weighted by molar-refractivity contribution is 0.0551. The van der Waals surface area contributed by atoms with Gasteiger partial charge in [0.25, 0.3) is 11.8 Å². The van der Waals surface area contributed by atoms with E-state index in [-0.39, 0.29) is 11.8 Å². The van der Waals surface area contributed by atoms with Crippen LogP contribution in [0.25, 0.3) is 0 Å². The standard InChI is InChI=1S/C13H14N2O2S/c16-12-10-3-1-2-4-11(10)13(17)15(12)9-14-5-7-18-8-6-14/h1-4H,5-9H2. The average Bonchev–Trinajstić information content (AvgIpc) is 2.66. The van der Waals surface area contributed by atoms with Crippen LogP contribution >= 0.6 is 11.8 Å². The molecule has 0 aliphatic carbocycles. The normalized spacial score (nSPS) is 20.3. The maximum absolute atomic E-state index is 12.2. The minimum Gasteiger partial charge on any atom is -0.284 e. The summed E-state index contributed by atoms with van der Waals surface area (Å²) in [5, 5.41) is 0. The summed E-state index contributed by atoms with van der Waals surface area (Å²) in [4.78, 5) is 27.8. The molecule has 3 rings (SSSR count). The van der Waals surface area contributed by atoms with Crippen LogP contribution in [0.1, 0.15) is 20.7 Å². The van der Waals surface area contributed by atoms with Crippen molar-refractivity contribution in [2.75, 3.05) is 31.3 Å². The van der Waals surface area contributed by atoms with Crippen molar-refractivity contribution in [2.24, 2.45) is 0 Å². The first kappa shape index (κ1) is 11.7. The molecule has 94 valence electrons. The molecule has 2 aliphatic rings. The number of carbonyl (C=O) groups excluding carboxylic acids is 2. The molecule has 2 aliphatic heterocycles. The molecule has 0 unspecified atom stereocenters. The van der Waals surface area contributed by atoms with E-state index in [0.717, 1.165) is 24.6 Å². The first-order valence-electron chi connectivity index (χ1n) is 6.03. The zero-order valence-electron chi connectivity index (χ0n) is 9.96. The quantitative estimate of drug-likeness (QED) is 0.753. The highest BCUT2D eigenvalue weighted by Crippen LogP contribution is 2.23. The fourth-order valence-electron chi connectivity index (χ4n) is 2.31. The fraction of sp³-hybridized carbons (Fsp3) is 0.385. The zero-order chi connectivity index (χ0) is 12.5. The van der Waals surface area contributed by atoms with Gasteiger partial charge in [-0.25, -0.2) is 0 Å². The largest absolute Gasteiger partial charge is 0.284 e. The maximum Gasteiger partial charge on any atom is 0.262 e. The Morgan fingerprint density at radius 3 is 2.11 bits per heavy atom. The van der Waals surface area contributed by atoms with E-state index in [9.17, 15) is 9.59 Å². The van der Waals surface area contributed by atoms with E-state index in [2.05, 4.69) is 4.90 Å². The monoisotopic (exact) mass is 262 g/mol. The summed E-state index contributed by atoms with van der Waals surface area (Å²) in [6.45, 7) is 2.31. The summed E-state index contributed by atoms with van der Waals surface area (Å²) >= 11 is 1.92. The van der Waals surface area contributed by atoms with E-state index in [0.29, 0.717) is 17.8 Å². The molecule has 4 nitrogen and oxygen atoms in total. The van der Waals surface area contributed by atoms with Crippen LogP contribution in [0.2, 0.25) is 0 Å². The molecule has 0 aromatic heterocycles. The summed E-state index contributed by atoms with van der Waals surface area (Å²) in [6.07, 6.45) is 0. The van der Waals surface area contributed by atoms with Crippen LogP contribution < -0.4 is 0 Å². The number of hydrogen-bond donors (Lipinski definition) is 0. The Morgan fingerprint density at radius 2 is 1.56 bits per heavy atom. The third kappa shape index (κ3) is 1.93. The molecule has 0 spiro atoms. The minimum absolute atomic E-state index is 0.158. The summed E-state index contributed by atoms with van der Waals surface area (Å²) in [6, 6.07) is 7.04. The number of fused-ring (bicyclic) bond motifs is 1. The molecule has 1 aromatic rings. The molecule has 1 aromatic carbocycles. The number of nitrogens with zero attached hydrogens (tertiary/aromatic N) is 2. The predicted octanol–water partition coefficient (Wildman–Crippen LogP) is 1.29. The van der Waals surface area contributed by atoms with Gasteiger partial charge >= 0.3 is 0 Å². The van der Waals surface area contributed by atoms with Gasteiger partial charge in [0.1, 0.15) is 0 Å². The number of hydrogen-bond acceptors (Lipinski definition) is 4. The van der Waals surface area contributed by atoms with E-state index in [1.807, 2.05) is 11.8 Å². The van der Waals surface area contributed by atoms with Gasteiger partial charge in [-0.1, -0.05) is 12.1 Å². The number of benzene rings is 1. The average molecular weight is 262 g/mol. The van der Waals surface area contributed by atoms with E-state index in [1.165, 1.54) is 4.90 Å². The molecule has 1 saturated heterocycles. The molecule has 0 bridgehead atoms. The van der Waals surface area contributed by atoms with Crippen molar-refractivity contribution in [3.63, 3.8) is 0 Å². The van der Waals surface area contributed by atoms with Crippen LogP contribution in [0.4, 0.5) is 0 Å². The molecule has 0 saturated carbocycles. The lowest BCUT2D eigenvalue weighted by Gasteiger charge is -2.29. The smallest absolute Gasteiger partial charge is 0.262 e. The van der Waals surface area contributed by atoms with Gasteiger partial charge in [-0.15, -0.1) is 0 Å². The Labute approximate surface area is 110 Å². The van der Waals surface area contributed by atoms with Crippen molar-refractivity contribution in [1.29, 1.82) is 0 Å². The first-order chi connectivity index (χ1) is 8.77. The molecular weight excluding hydrogens is 248 g/mol. The van der Waals surface area contributed by atoms with Crippen LogP contribution in [0.5, 0.6) is 0 Å². The fourth-order valence-corrected chi connectivity index (χ4v) is 3.29. The molecule has 5 heteroatoms. The van der Waals surface area contributed by atoms with E-state index >= 15 is 0 Å². The van der Waals surface area contributed by atoms with Gasteiger partial charge in [-0.05, 0) is 12.1 Å². The minimum atomic E-state index is -0.158. The number of imide groups is 1. The molecule has 2 heterocycles. The molecular formula is C13H14N2O2S. The number of carbonyl (C=O) groups is 2. The Bertz CT molecular complexity index is 463.